The van der Waals surface area contributed by atoms with Crippen LogP contribution in [0.15, 0.2) is 35.2 Å². The first-order chi connectivity index (χ1) is 7.84. The zero-order valence-electron chi connectivity index (χ0n) is 9.39. The number of hydrogen-bond acceptors (Lipinski definition) is 3. The Bertz CT molecular complexity index is 269. The van der Waals surface area contributed by atoms with Crippen molar-refractivity contribution in [3.63, 3.8) is 0 Å². The monoisotopic (exact) mass is 241 g/mol. The van der Waals surface area contributed by atoms with Crippen molar-refractivity contribution in [1.29, 1.82) is 0 Å². The second-order valence-corrected chi connectivity index (χ2v) is 4.91. The Balaban J connectivity index is 2.09. The zero-order valence-corrected chi connectivity index (χ0v) is 10.2. The maximum absolute atomic E-state index is 11.7. The summed E-state index contributed by atoms with van der Waals surface area (Å²) >= 11 is -1.09. The number of hydrogen-bond donors (Lipinski definition) is 2. The number of rotatable bonds is 8. The largest absolute Gasteiger partial charge is 0.593 e. The fourth-order valence-electron chi connectivity index (χ4n) is 1.38. The molecule has 1 aromatic rings. The lowest BCUT2D eigenvalue weighted by Gasteiger charge is -2.10. The van der Waals surface area contributed by atoms with Crippen LogP contribution in [0.5, 0.6) is 0 Å². The van der Waals surface area contributed by atoms with Crippen LogP contribution in [0.25, 0.3) is 0 Å². The van der Waals surface area contributed by atoms with E-state index in [1.807, 2.05) is 30.3 Å². The van der Waals surface area contributed by atoms with E-state index in [1.54, 1.807) is 0 Å². The molecule has 0 spiro atoms. The van der Waals surface area contributed by atoms with Crippen LogP contribution in [-0.2, 0) is 11.4 Å². The Kier molecular flexibility index (Phi) is 7.25. The van der Waals surface area contributed by atoms with E-state index in [0.29, 0.717) is 0 Å². The van der Waals surface area contributed by atoms with Gasteiger partial charge in [0, 0.05) is 13.2 Å². The highest BCUT2D eigenvalue weighted by molar-refractivity contribution is 7.89. The number of aliphatic hydroxyl groups is 1. The van der Waals surface area contributed by atoms with Crippen molar-refractivity contribution in [2.45, 2.75) is 30.6 Å². The molecule has 0 heterocycles. The van der Waals surface area contributed by atoms with Gasteiger partial charge in [0.05, 0.1) is 11.4 Å². The Morgan fingerprint density at radius 1 is 1.06 bits per heavy atom. The summed E-state index contributed by atoms with van der Waals surface area (Å²) in [6.45, 7) is 1.02. The highest BCUT2D eigenvalue weighted by Gasteiger charge is 2.08. The van der Waals surface area contributed by atoms with E-state index in [2.05, 4.69) is 4.72 Å². The first kappa shape index (κ1) is 13.5. The van der Waals surface area contributed by atoms with Gasteiger partial charge in [0.2, 0.25) is 0 Å². The summed E-state index contributed by atoms with van der Waals surface area (Å²) in [4.78, 5) is 0.817. The molecule has 1 atom stereocenters. The van der Waals surface area contributed by atoms with Crippen LogP contribution >= 0.6 is 0 Å². The van der Waals surface area contributed by atoms with E-state index in [0.717, 1.165) is 37.1 Å². The van der Waals surface area contributed by atoms with Gasteiger partial charge in [0.1, 0.15) is 0 Å². The molecule has 0 saturated carbocycles. The van der Waals surface area contributed by atoms with Gasteiger partial charge in [0.25, 0.3) is 0 Å². The first-order valence-electron chi connectivity index (χ1n) is 5.66. The molecule has 0 fully saturated rings. The van der Waals surface area contributed by atoms with Crippen LogP contribution in [0.1, 0.15) is 25.7 Å². The van der Waals surface area contributed by atoms with E-state index in [9.17, 15) is 4.55 Å². The summed E-state index contributed by atoms with van der Waals surface area (Å²) in [7, 11) is 0. The molecule has 0 aliphatic rings. The fourth-order valence-corrected chi connectivity index (χ4v) is 2.28. The third kappa shape index (κ3) is 5.51. The Morgan fingerprint density at radius 2 is 1.75 bits per heavy atom. The molecule has 0 radical (unpaired) electrons. The molecule has 2 N–H and O–H groups in total. The summed E-state index contributed by atoms with van der Waals surface area (Å²) in [5.74, 6) is 0. The lowest BCUT2D eigenvalue weighted by atomic mass is 10.2. The smallest absolute Gasteiger partial charge is 0.173 e. The van der Waals surface area contributed by atoms with Crippen molar-refractivity contribution in [3.05, 3.63) is 30.3 Å². The number of nitrogens with one attached hydrogen (secondary N) is 1. The van der Waals surface area contributed by atoms with Gasteiger partial charge in [-0.3, -0.25) is 0 Å². The molecule has 1 unspecified atom stereocenters. The number of aliphatic hydroxyl groups excluding tert-OH is 1. The summed E-state index contributed by atoms with van der Waals surface area (Å²) in [6, 6.07) is 9.39. The van der Waals surface area contributed by atoms with Crippen molar-refractivity contribution >= 4 is 11.4 Å². The van der Waals surface area contributed by atoms with Gasteiger partial charge >= 0.3 is 0 Å². The minimum absolute atomic E-state index is 0.267. The predicted octanol–water partition coefficient (Wildman–Crippen LogP) is 1.85. The highest BCUT2D eigenvalue weighted by atomic mass is 32.2. The minimum atomic E-state index is -1.09. The van der Waals surface area contributed by atoms with Crippen LogP contribution in [-0.4, -0.2) is 22.8 Å². The normalized spacial score (nSPS) is 12.6. The molecular formula is C12H19NO2S. The third-order valence-electron chi connectivity index (χ3n) is 2.28. The zero-order chi connectivity index (χ0) is 11.6. The summed E-state index contributed by atoms with van der Waals surface area (Å²) in [5.41, 5.74) is 0. The SMILES string of the molecule is [O-][S+](NCCCCCCO)c1ccccc1. The van der Waals surface area contributed by atoms with Crippen LogP contribution in [0.4, 0.5) is 0 Å². The molecular weight excluding hydrogens is 222 g/mol. The quantitative estimate of drug-likeness (QED) is 0.539. The number of benzene rings is 1. The lowest BCUT2D eigenvalue weighted by molar-refractivity contribution is 0.282. The van der Waals surface area contributed by atoms with E-state index in [-0.39, 0.29) is 6.61 Å². The van der Waals surface area contributed by atoms with E-state index in [4.69, 9.17) is 5.11 Å². The molecule has 3 nitrogen and oxygen atoms in total. The van der Waals surface area contributed by atoms with Crippen molar-refractivity contribution < 1.29 is 9.66 Å². The Hall–Kier alpha value is -0.550. The van der Waals surface area contributed by atoms with Crippen LogP contribution in [0, 0.1) is 0 Å². The summed E-state index contributed by atoms with van der Waals surface area (Å²) in [6.07, 6.45) is 3.97. The van der Waals surface area contributed by atoms with Crippen molar-refractivity contribution in [2.75, 3.05) is 13.2 Å². The molecule has 0 aromatic heterocycles. The highest BCUT2D eigenvalue weighted by Crippen LogP contribution is 2.07. The second kappa shape index (κ2) is 8.58. The predicted molar refractivity (Wildman–Crippen MR) is 66.4 cm³/mol. The van der Waals surface area contributed by atoms with E-state index in [1.165, 1.54) is 0 Å². The molecule has 4 heteroatoms. The molecule has 16 heavy (non-hydrogen) atoms. The molecule has 0 bridgehead atoms. The van der Waals surface area contributed by atoms with Gasteiger partial charge in [-0.25, -0.2) is 0 Å². The van der Waals surface area contributed by atoms with Crippen molar-refractivity contribution in [3.8, 4) is 0 Å². The molecule has 0 saturated heterocycles. The average molecular weight is 241 g/mol. The van der Waals surface area contributed by atoms with Crippen LogP contribution in [0.3, 0.4) is 0 Å². The molecule has 1 aromatic carbocycles. The minimum Gasteiger partial charge on any atom is -0.593 e. The van der Waals surface area contributed by atoms with Gasteiger partial charge in [-0.05, 0) is 25.0 Å². The van der Waals surface area contributed by atoms with Gasteiger partial charge in [-0.2, -0.15) is 0 Å². The van der Waals surface area contributed by atoms with Gasteiger partial charge in [0.15, 0.2) is 4.90 Å². The summed E-state index contributed by atoms with van der Waals surface area (Å²) < 4.78 is 14.7. The molecule has 0 amide bonds. The standard InChI is InChI=1S/C12H19NO2S/c14-11-7-2-1-6-10-13-16(15)12-8-4-3-5-9-12/h3-5,8-9,13-14H,1-2,6-7,10-11H2. The molecule has 1 rings (SSSR count). The molecule has 0 aliphatic carbocycles. The summed E-state index contributed by atoms with van der Waals surface area (Å²) in [5, 5.41) is 8.60. The fraction of sp³-hybridized carbons (Fsp3) is 0.500. The van der Waals surface area contributed by atoms with Gasteiger partial charge in [-0.1, -0.05) is 31.0 Å². The van der Waals surface area contributed by atoms with Gasteiger partial charge in [-0.15, -0.1) is 4.72 Å². The lowest BCUT2D eigenvalue weighted by Crippen LogP contribution is -2.24. The van der Waals surface area contributed by atoms with Crippen molar-refractivity contribution in [2.24, 2.45) is 0 Å². The first-order valence-corrected chi connectivity index (χ1v) is 6.81. The maximum Gasteiger partial charge on any atom is 0.173 e. The van der Waals surface area contributed by atoms with Crippen LogP contribution in [0.2, 0.25) is 0 Å². The second-order valence-electron chi connectivity index (χ2n) is 3.61. The van der Waals surface area contributed by atoms with E-state index < -0.39 is 11.4 Å². The Labute approximate surface area is 100 Å². The topological polar surface area (TPSA) is 55.3 Å². The average Bonchev–Trinajstić information content (AvgIpc) is 2.34. The maximum atomic E-state index is 11.7. The Morgan fingerprint density at radius 3 is 2.44 bits per heavy atom. The van der Waals surface area contributed by atoms with E-state index >= 15 is 0 Å². The third-order valence-corrected chi connectivity index (χ3v) is 3.44. The van der Waals surface area contributed by atoms with Gasteiger partial charge < -0.3 is 9.66 Å². The number of unbranched alkanes of at least 4 members (excludes halogenated alkanes) is 3. The van der Waals surface area contributed by atoms with Crippen molar-refractivity contribution in [1.82, 2.24) is 4.72 Å². The molecule has 90 valence electrons. The van der Waals surface area contributed by atoms with Crippen LogP contribution < -0.4 is 4.72 Å². The molecule has 0 aliphatic heterocycles.